The summed E-state index contributed by atoms with van der Waals surface area (Å²) in [7, 11) is -2.58. The van der Waals surface area contributed by atoms with Crippen molar-refractivity contribution in [2.45, 2.75) is 11.4 Å². The number of carbonyl (C=O) groups is 1. The van der Waals surface area contributed by atoms with E-state index in [-0.39, 0.29) is 22.1 Å². The van der Waals surface area contributed by atoms with Gasteiger partial charge in [-0.25, -0.2) is 17.9 Å². The first kappa shape index (κ1) is 15.0. The molecule has 0 amide bonds. The number of halogens is 1. The van der Waals surface area contributed by atoms with Crippen molar-refractivity contribution < 1.29 is 17.9 Å². The third-order valence-electron chi connectivity index (χ3n) is 2.14. The standard InChI is InChI=1S/C8H8BrN5O4S2/c1-18-8(15)4-2-5(7(9)19-4)20(16,17)10-3-6-11-13-14-12-6/h2,10H,3H2,1H3,(H,11,12,13,14). The Morgan fingerprint density at radius 3 is 2.95 bits per heavy atom. The summed E-state index contributed by atoms with van der Waals surface area (Å²) in [5, 5.41) is 12.8. The van der Waals surface area contributed by atoms with Crippen LogP contribution in [0.4, 0.5) is 0 Å². The molecule has 0 aliphatic heterocycles. The number of rotatable bonds is 5. The molecular formula is C8H8BrN5O4S2. The van der Waals surface area contributed by atoms with Gasteiger partial charge in [0.2, 0.25) is 10.0 Å². The Kier molecular flexibility index (Phi) is 4.47. The second-order valence-corrected chi connectivity index (χ2v) is 7.50. The maximum atomic E-state index is 12.1. The van der Waals surface area contributed by atoms with Gasteiger partial charge < -0.3 is 4.74 Å². The van der Waals surface area contributed by atoms with Crippen LogP contribution in [0.15, 0.2) is 14.7 Å². The van der Waals surface area contributed by atoms with Crippen molar-refractivity contribution in [2.24, 2.45) is 0 Å². The van der Waals surface area contributed by atoms with E-state index >= 15 is 0 Å². The number of esters is 1. The number of hydrogen-bond donors (Lipinski definition) is 2. The number of nitrogens with zero attached hydrogens (tertiary/aromatic N) is 3. The highest BCUT2D eigenvalue weighted by atomic mass is 79.9. The van der Waals surface area contributed by atoms with Crippen molar-refractivity contribution in [1.82, 2.24) is 25.3 Å². The number of carbonyl (C=O) groups excluding carboxylic acids is 1. The van der Waals surface area contributed by atoms with E-state index in [0.29, 0.717) is 3.79 Å². The van der Waals surface area contributed by atoms with Crippen LogP contribution in [0.5, 0.6) is 0 Å². The third kappa shape index (κ3) is 3.20. The molecule has 0 bridgehead atoms. The zero-order chi connectivity index (χ0) is 14.8. The molecule has 2 aromatic heterocycles. The molecule has 0 saturated heterocycles. The number of ether oxygens (including phenoxy) is 1. The fourth-order valence-electron chi connectivity index (χ4n) is 1.23. The summed E-state index contributed by atoms with van der Waals surface area (Å²) in [4.78, 5) is 11.5. The number of thiophene rings is 1. The number of sulfonamides is 1. The molecular weight excluding hydrogens is 374 g/mol. The van der Waals surface area contributed by atoms with Crippen LogP contribution < -0.4 is 4.72 Å². The summed E-state index contributed by atoms with van der Waals surface area (Å²) in [6.45, 7) is -0.116. The zero-order valence-corrected chi connectivity index (χ0v) is 13.2. The van der Waals surface area contributed by atoms with E-state index in [4.69, 9.17) is 0 Å². The van der Waals surface area contributed by atoms with Crippen molar-refractivity contribution in [2.75, 3.05) is 7.11 Å². The monoisotopic (exact) mass is 381 g/mol. The number of H-pyrrole nitrogens is 1. The normalized spacial score (nSPS) is 11.5. The van der Waals surface area contributed by atoms with E-state index in [1.165, 1.54) is 13.2 Å². The van der Waals surface area contributed by atoms with Gasteiger partial charge in [0, 0.05) is 0 Å². The van der Waals surface area contributed by atoms with Gasteiger partial charge in [-0.2, -0.15) is 5.21 Å². The third-order valence-corrected chi connectivity index (χ3v) is 5.77. The molecule has 0 aliphatic carbocycles. The maximum Gasteiger partial charge on any atom is 0.348 e. The molecule has 0 saturated carbocycles. The van der Waals surface area contributed by atoms with Crippen LogP contribution in [-0.4, -0.2) is 42.1 Å². The van der Waals surface area contributed by atoms with E-state index in [1.807, 2.05) is 0 Å². The van der Waals surface area contributed by atoms with Crippen LogP contribution in [0, 0.1) is 0 Å². The average molecular weight is 382 g/mol. The highest BCUT2D eigenvalue weighted by Gasteiger charge is 2.23. The van der Waals surface area contributed by atoms with Crippen LogP contribution in [0.25, 0.3) is 0 Å². The summed E-state index contributed by atoms with van der Waals surface area (Å²) in [5.74, 6) is -0.400. The maximum absolute atomic E-state index is 12.1. The summed E-state index contributed by atoms with van der Waals surface area (Å²) in [6, 6.07) is 1.24. The lowest BCUT2D eigenvalue weighted by Crippen LogP contribution is -2.23. The van der Waals surface area contributed by atoms with Crippen LogP contribution in [0.2, 0.25) is 0 Å². The minimum absolute atomic E-state index is 0.0496. The van der Waals surface area contributed by atoms with Crippen LogP contribution in [-0.2, 0) is 21.3 Å². The van der Waals surface area contributed by atoms with E-state index in [2.05, 4.69) is 46.0 Å². The minimum atomic E-state index is -3.80. The van der Waals surface area contributed by atoms with Gasteiger partial charge in [-0.1, -0.05) is 5.21 Å². The molecule has 0 atom stereocenters. The summed E-state index contributed by atoms with van der Waals surface area (Å²) in [6.07, 6.45) is 0. The molecule has 0 aliphatic rings. The molecule has 0 spiro atoms. The molecule has 2 N–H and O–H groups in total. The Balaban J connectivity index is 2.21. The molecule has 2 aromatic rings. The second kappa shape index (κ2) is 5.95. The fourth-order valence-corrected chi connectivity index (χ4v) is 4.69. The van der Waals surface area contributed by atoms with E-state index in [9.17, 15) is 13.2 Å². The summed E-state index contributed by atoms with van der Waals surface area (Å²) < 4.78 is 31.3. The lowest BCUT2D eigenvalue weighted by Gasteiger charge is -2.02. The molecule has 9 nitrogen and oxygen atoms in total. The smallest absolute Gasteiger partial charge is 0.348 e. The van der Waals surface area contributed by atoms with E-state index in [0.717, 1.165) is 11.3 Å². The topological polar surface area (TPSA) is 127 Å². The molecule has 108 valence electrons. The first-order valence-corrected chi connectivity index (χ1v) is 8.13. The fraction of sp³-hybridized carbons (Fsp3) is 0.250. The highest BCUT2D eigenvalue weighted by molar-refractivity contribution is 9.11. The second-order valence-electron chi connectivity index (χ2n) is 3.39. The molecule has 12 heteroatoms. The predicted octanol–water partition coefficient (Wildman–Crippen LogP) is 0.289. The van der Waals surface area contributed by atoms with Crippen molar-refractivity contribution in [3.05, 3.63) is 20.6 Å². The van der Waals surface area contributed by atoms with Gasteiger partial charge in [0.1, 0.15) is 9.77 Å². The van der Waals surface area contributed by atoms with Crippen LogP contribution in [0.1, 0.15) is 15.5 Å². The van der Waals surface area contributed by atoms with Gasteiger partial charge in [0.15, 0.2) is 5.82 Å². The zero-order valence-electron chi connectivity index (χ0n) is 9.95. The average Bonchev–Trinajstić information content (AvgIpc) is 3.05. The first-order chi connectivity index (χ1) is 9.44. The minimum Gasteiger partial charge on any atom is -0.465 e. The lowest BCUT2D eigenvalue weighted by molar-refractivity contribution is 0.0606. The number of tetrazole rings is 1. The number of hydrogen-bond acceptors (Lipinski definition) is 8. The number of methoxy groups -OCH3 is 1. The Morgan fingerprint density at radius 1 is 1.60 bits per heavy atom. The Labute approximate surface area is 125 Å². The van der Waals surface area contributed by atoms with Crippen molar-refractivity contribution in [3.8, 4) is 0 Å². The SMILES string of the molecule is COC(=O)c1cc(S(=O)(=O)NCc2nn[nH]n2)c(Br)s1. The predicted molar refractivity (Wildman–Crippen MR) is 71.6 cm³/mol. The number of nitrogens with one attached hydrogen (secondary N) is 2. The molecule has 2 heterocycles. The number of aromatic nitrogens is 4. The Bertz CT molecular complexity index is 711. The Morgan fingerprint density at radius 2 is 2.35 bits per heavy atom. The first-order valence-electron chi connectivity index (χ1n) is 5.03. The highest BCUT2D eigenvalue weighted by Crippen LogP contribution is 2.32. The van der Waals surface area contributed by atoms with E-state index < -0.39 is 16.0 Å². The van der Waals surface area contributed by atoms with Gasteiger partial charge in [-0.15, -0.1) is 21.5 Å². The number of aromatic amines is 1. The molecule has 2 rings (SSSR count). The van der Waals surface area contributed by atoms with Gasteiger partial charge in [0.05, 0.1) is 17.4 Å². The molecule has 0 fully saturated rings. The quantitative estimate of drug-likeness (QED) is 0.712. The van der Waals surface area contributed by atoms with Gasteiger partial charge in [-0.05, 0) is 22.0 Å². The Hall–Kier alpha value is -1.37. The molecule has 0 radical (unpaired) electrons. The molecule has 0 unspecified atom stereocenters. The van der Waals surface area contributed by atoms with Gasteiger partial charge in [0.25, 0.3) is 0 Å². The lowest BCUT2D eigenvalue weighted by atomic mass is 10.5. The van der Waals surface area contributed by atoms with E-state index in [1.54, 1.807) is 0 Å². The van der Waals surface area contributed by atoms with Crippen molar-refractivity contribution in [3.63, 3.8) is 0 Å². The van der Waals surface area contributed by atoms with Gasteiger partial charge >= 0.3 is 5.97 Å². The molecule has 0 aromatic carbocycles. The van der Waals surface area contributed by atoms with Crippen LogP contribution in [0.3, 0.4) is 0 Å². The van der Waals surface area contributed by atoms with Gasteiger partial charge in [-0.3, -0.25) is 0 Å². The largest absolute Gasteiger partial charge is 0.465 e. The summed E-state index contributed by atoms with van der Waals surface area (Å²) in [5.41, 5.74) is 0. The van der Waals surface area contributed by atoms with Crippen molar-refractivity contribution >= 4 is 43.3 Å². The molecule has 20 heavy (non-hydrogen) atoms. The van der Waals surface area contributed by atoms with Crippen molar-refractivity contribution in [1.29, 1.82) is 0 Å². The summed E-state index contributed by atoms with van der Waals surface area (Å²) >= 11 is 4.08. The van der Waals surface area contributed by atoms with Crippen LogP contribution >= 0.6 is 27.3 Å².